The van der Waals surface area contributed by atoms with Crippen LogP contribution in [0.3, 0.4) is 0 Å². The van der Waals surface area contributed by atoms with Gasteiger partial charge in [0.15, 0.2) is 0 Å². The van der Waals surface area contributed by atoms with Gasteiger partial charge in [-0.2, -0.15) is 0 Å². The van der Waals surface area contributed by atoms with Crippen molar-refractivity contribution < 1.29 is 10.0 Å². The first-order valence-corrected chi connectivity index (χ1v) is 7.40. The van der Waals surface area contributed by atoms with E-state index >= 15 is 0 Å². The van der Waals surface area contributed by atoms with Crippen molar-refractivity contribution in [3.8, 4) is 0 Å². The molecule has 5 heteroatoms. The number of hydrogen-bond donors (Lipinski definition) is 2. The summed E-state index contributed by atoms with van der Waals surface area (Å²) in [6, 6.07) is 0. The smallest absolute Gasteiger partial charge is 0.225 e. The van der Waals surface area contributed by atoms with Crippen molar-refractivity contribution in [1.82, 2.24) is 4.90 Å². The zero-order chi connectivity index (χ0) is 14.3. The summed E-state index contributed by atoms with van der Waals surface area (Å²) in [6.45, 7) is 5.69. The lowest BCUT2D eigenvalue weighted by Crippen LogP contribution is -2.44. The average Bonchev–Trinajstić information content (AvgIpc) is 2.47. The van der Waals surface area contributed by atoms with Crippen LogP contribution in [-0.4, -0.2) is 34.9 Å². The lowest BCUT2D eigenvalue weighted by Gasteiger charge is -2.33. The number of hydrogen-bond acceptors (Lipinski definition) is 3. The lowest BCUT2D eigenvalue weighted by atomic mass is 9.92. The van der Waals surface area contributed by atoms with Crippen LogP contribution in [0, 0.1) is 11.8 Å². The van der Waals surface area contributed by atoms with Gasteiger partial charge in [0.2, 0.25) is 5.91 Å². The summed E-state index contributed by atoms with van der Waals surface area (Å²) in [5.41, 5.74) is 5.62. The fraction of sp³-hybridized carbons (Fsp3) is 0.857. The van der Waals surface area contributed by atoms with E-state index in [9.17, 15) is 4.79 Å². The SMILES string of the molecule is CCCCC(CC)C(=O)N1CCC(C(N)=NO)CC1. The molecule has 19 heavy (non-hydrogen) atoms. The van der Waals surface area contributed by atoms with Gasteiger partial charge in [-0.1, -0.05) is 31.8 Å². The third kappa shape index (κ3) is 4.40. The molecule has 0 aromatic rings. The third-order valence-corrected chi connectivity index (χ3v) is 4.09. The van der Waals surface area contributed by atoms with Gasteiger partial charge in [0.1, 0.15) is 5.84 Å². The van der Waals surface area contributed by atoms with Crippen molar-refractivity contribution >= 4 is 11.7 Å². The Morgan fingerprint density at radius 2 is 2.05 bits per heavy atom. The van der Waals surface area contributed by atoms with E-state index in [1.807, 2.05) is 4.90 Å². The van der Waals surface area contributed by atoms with Gasteiger partial charge >= 0.3 is 0 Å². The average molecular weight is 269 g/mol. The van der Waals surface area contributed by atoms with Crippen LogP contribution in [0.25, 0.3) is 0 Å². The van der Waals surface area contributed by atoms with E-state index in [4.69, 9.17) is 10.9 Å². The minimum atomic E-state index is 0.116. The Bertz CT molecular complexity index is 310. The molecule has 5 nitrogen and oxygen atoms in total. The highest BCUT2D eigenvalue weighted by molar-refractivity contribution is 5.83. The Balaban J connectivity index is 2.47. The van der Waals surface area contributed by atoms with Gasteiger partial charge in [-0.3, -0.25) is 4.79 Å². The predicted octanol–water partition coefficient (Wildman–Crippen LogP) is 2.19. The van der Waals surface area contributed by atoms with Crippen molar-refractivity contribution in [2.24, 2.45) is 22.7 Å². The third-order valence-electron chi connectivity index (χ3n) is 4.09. The van der Waals surface area contributed by atoms with Crippen LogP contribution in [0.5, 0.6) is 0 Å². The maximum Gasteiger partial charge on any atom is 0.225 e. The van der Waals surface area contributed by atoms with Crippen molar-refractivity contribution in [2.45, 2.75) is 52.4 Å². The molecule has 1 rings (SSSR count). The maximum atomic E-state index is 12.4. The molecule has 0 radical (unpaired) electrons. The normalized spacial score (nSPS) is 19.5. The van der Waals surface area contributed by atoms with Crippen LogP contribution < -0.4 is 5.73 Å². The van der Waals surface area contributed by atoms with Crippen LogP contribution in [0.2, 0.25) is 0 Å². The van der Waals surface area contributed by atoms with Crippen LogP contribution in [-0.2, 0) is 4.79 Å². The van der Waals surface area contributed by atoms with E-state index in [0.29, 0.717) is 5.84 Å². The molecule has 1 amide bonds. The number of carbonyl (C=O) groups excluding carboxylic acids is 1. The van der Waals surface area contributed by atoms with Gasteiger partial charge in [-0.05, 0) is 25.7 Å². The Kier molecular flexibility index (Phi) is 6.67. The lowest BCUT2D eigenvalue weighted by molar-refractivity contribution is -0.137. The minimum Gasteiger partial charge on any atom is -0.409 e. The molecule has 1 aliphatic heterocycles. The molecule has 1 fully saturated rings. The number of piperidine rings is 1. The van der Waals surface area contributed by atoms with Crippen LogP contribution in [0.1, 0.15) is 52.4 Å². The first-order valence-electron chi connectivity index (χ1n) is 7.40. The first kappa shape index (κ1) is 15.8. The van der Waals surface area contributed by atoms with Gasteiger partial charge in [-0.25, -0.2) is 0 Å². The summed E-state index contributed by atoms with van der Waals surface area (Å²) >= 11 is 0. The van der Waals surface area contributed by atoms with E-state index in [1.165, 1.54) is 0 Å². The molecule has 3 N–H and O–H groups in total. The van der Waals surface area contributed by atoms with Crippen molar-refractivity contribution in [2.75, 3.05) is 13.1 Å². The Hall–Kier alpha value is -1.26. The second-order valence-corrected chi connectivity index (χ2v) is 5.37. The minimum absolute atomic E-state index is 0.116. The summed E-state index contributed by atoms with van der Waals surface area (Å²) in [6.07, 6.45) is 5.75. The van der Waals surface area contributed by atoms with E-state index in [-0.39, 0.29) is 17.7 Å². The number of amidine groups is 1. The largest absolute Gasteiger partial charge is 0.409 e. The summed E-state index contributed by atoms with van der Waals surface area (Å²) in [7, 11) is 0. The van der Waals surface area contributed by atoms with Crippen molar-refractivity contribution in [3.05, 3.63) is 0 Å². The van der Waals surface area contributed by atoms with Crippen molar-refractivity contribution in [3.63, 3.8) is 0 Å². The van der Waals surface area contributed by atoms with E-state index in [1.54, 1.807) is 0 Å². The van der Waals surface area contributed by atoms with E-state index in [0.717, 1.165) is 51.6 Å². The predicted molar refractivity (Wildman–Crippen MR) is 76.0 cm³/mol. The monoisotopic (exact) mass is 269 g/mol. The molecule has 0 aliphatic carbocycles. The second-order valence-electron chi connectivity index (χ2n) is 5.37. The second kappa shape index (κ2) is 8.02. The molecule has 0 aromatic heterocycles. The van der Waals surface area contributed by atoms with Gasteiger partial charge in [0.25, 0.3) is 0 Å². The summed E-state index contributed by atoms with van der Waals surface area (Å²) < 4.78 is 0. The maximum absolute atomic E-state index is 12.4. The fourth-order valence-electron chi connectivity index (χ4n) is 2.69. The number of unbranched alkanes of at least 4 members (excludes halogenated alkanes) is 1. The zero-order valence-corrected chi connectivity index (χ0v) is 12.1. The van der Waals surface area contributed by atoms with Gasteiger partial charge in [0, 0.05) is 24.9 Å². The number of rotatable bonds is 6. The highest BCUT2D eigenvalue weighted by Crippen LogP contribution is 2.22. The molecule has 0 aromatic carbocycles. The molecule has 0 spiro atoms. The van der Waals surface area contributed by atoms with Crippen molar-refractivity contribution in [1.29, 1.82) is 0 Å². The molecule has 1 heterocycles. The molecule has 0 bridgehead atoms. The fourth-order valence-corrected chi connectivity index (χ4v) is 2.69. The Labute approximate surface area is 115 Å². The quantitative estimate of drug-likeness (QED) is 0.336. The zero-order valence-electron chi connectivity index (χ0n) is 12.1. The van der Waals surface area contributed by atoms with E-state index in [2.05, 4.69) is 19.0 Å². The summed E-state index contributed by atoms with van der Waals surface area (Å²) in [5.74, 6) is 0.865. The summed E-state index contributed by atoms with van der Waals surface area (Å²) in [4.78, 5) is 14.3. The molecule has 110 valence electrons. The number of amides is 1. The molecular weight excluding hydrogens is 242 g/mol. The molecule has 0 saturated carbocycles. The van der Waals surface area contributed by atoms with Crippen LogP contribution in [0.4, 0.5) is 0 Å². The first-order chi connectivity index (χ1) is 9.13. The van der Waals surface area contributed by atoms with Gasteiger partial charge < -0.3 is 15.8 Å². The number of oxime groups is 1. The number of nitrogens with zero attached hydrogens (tertiary/aromatic N) is 2. The molecule has 1 atom stereocenters. The molecule has 1 unspecified atom stereocenters. The Morgan fingerprint density at radius 1 is 1.42 bits per heavy atom. The highest BCUT2D eigenvalue weighted by atomic mass is 16.4. The van der Waals surface area contributed by atoms with Gasteiger partial charge in [0.05, 0.1) is 0 Å². The highest BCUT2D eigenvalue weighted by Gasteiger charge is 2.28. The Morgan fingerprint density at radius 3 is 2.53 bits per heavy atom. The number of likely N-dealkylation sites (tertiary alicyclic amines) is 1. The standard InChI is InChI=1S/C14H27N3O2/c1-3-5-6-11(4-2)14(18)17-9-7-12(8-10-17)13(15)16-19/h11-12,19H,3-10H2,1-2H3,(H2,15,16). The molecule has 1 aliphatic rings. The van der Waals surface area contributed by atoms with Gasteiger partial charge in [-0.15, -0.1) is 0 Å². The molecule has 1 saturated heterocycles. The number of carbonyl (C=O) groups is 1. The number of nitrogens with two attached hydrogens (primary N) is 1. The topological polar surface area (TPSA) is 78.9 Å². The van der Waals surface area contributed by atoms with E-state index < -0.39 is 0 Å². The summed E-state index contributed by atoms with van der Waals surface area (Å²) in [5, 5.41) is 11.7. The molecular formula is C14H27N3O2. The van der Waals surface area contributed by atoms with Crippen LogP contribution in [0.15, 0.2) is 5.16 Å². The van der Waals surface area contributed by atoms with Crippen LogP contribution >= 0.6 is 0 Å².